The minimum Gasteiger partial charge on any atom is -0.357 e. The standard InChI is InChI=1S/C11H15N3O3S/c1-3-14-7-12-18(16,17)11-6-9(13-8(2)15)4-5-10(11)14/h4-6,12H,3,7H2,1-2H3,(H,13,15). The van der Waals surface area contributed by atoms with Crippen molar-refractivity contribution in [2.75, 3.05) is 23.4 Å². The van der Waals surface area contributed by atoms with Crippen molar-refractivity contribution in [3.05, 3.63) is 18.2 Å². The number of nitrogens with zero attached hydrogens (tertiary/aromatic N) is 1. The van der Waals surface area contributed by atoms with Crippen LogP contribution in [0.15, 0.2) is 23.1 Å². The first-order valence-corrected chi connectivity index (χ1v) is 7.08. The van der Waals surface area contributed by atoms with E-state index in [-0.39, 0.29) is 17.5 Å². The fourth-order valence-corrected chi connectivity index (χ4v) is 3.12. The molecule has 1 amide bonds. The number of nitrogens with one attached hydrogen (secondary N) is 2. The quantitative estimate of drug-likeness (QED) is 0.829. The summed E-state index contributed by atoms with van der Waals surface area (Å²) in [7, 11) is -3.49. The highest BCUT2D eigenvalue weighted by Gasteiger charge is 2.27. The molecular weight excluding hydrogens is 254 g/mol. The molecule has 0 fully saturated rings. The van der Waals surface area contributed by atoms with Gasteiger partial charge < -0.3 is 10.2 Å². The largest absolute Gasteiger partial charge is 0.357 e. The maximum absolute atomic E-state index is 11.9. The van der Waals surface area contributed by atoms with Crippen molar-refractivity contribution >= 4 is 27.3 Å². The van der Waals surface area contributed by atoms with Gasteiger partial charge in [-0.15, -0.1) is 0 Å². The maximum Gasteiger partial charge on any atom is 0.244 e. The summed E-state index contributed by atoms with van der Waals surface area (Å²) < 4.78 is 26.3. The molecule has 0 saturated carbocycles. The lowest BCUT2D eigenvalue weighted by Crippen LogP contribution is -2.43. The molecule has 0 unspecified atom stereocenters. The number of rotatable bonds is 2. The highest BCUT2D eigenvalue weighted by atomic mass is 32.2. The summed E-state index contributed by atoms with van der Waals surface area (Å²) in [5.74, 6) is -0.233. The van der Waals surface area contributed by atoms with E-state index < -0.39 is 10.0 Å². The fraction of sp³-hybridized carbons (Fsp3) is 0.364. The average Bonchev–Trinajstić information content (AvgIpc) is 2.29. The molecule has 0 aliphatic carbocycles. The molecular formula is C11H15N3O3S. The van der Waals surface area contributed by atoms with E-state index in [0.29, 0.717) is 17.9 Å². The normalized spacial score (nSPS) is 17.1. The van der Waals surface area contributed by atoms with Gasteiger partial charge in [0.1, 0.15) is 4.90 Å². The van der Waals surface area contributed by atoms with Crippen LogP contribution in [-0.2, 0) is 14.8 Å². The molecule has 2 rings (SSSR count). The molecule has 0 aromatic heterocycles. The third-order valence-corrected chi connectivity index (χ3v) is 4.15. The summed E-state index contributed by atoms with van der Waals surface area (Å²) >= 11 is 0. The number of carbonyl (C=O) groups excluding carboxylic acids is 1. The summed E-state index contributed by atoms with van der Waals surface area (Å²) in [6.07, 6.45) is 0. The van der Waals surface area contributed by atoms with E-state index in [2.05, 4.69) is 10.0 Å². The molecule has 6 nitrogen and oxygen atoms in total. The van der Waals surface area contributed by atoms with Crippen molar-refractivity contribution < 1.29 is 13.2 Å². The first-order valence-electron chi connectivity index (χ1n) is 5.60. The zero-order chi connectivity index (χ0) is 13.3. The Kier molecular flexibility index (Phi) is 3.27. The first kappa shape index (κ1) is 12.8. The van der Waals surface area contributed by atoms with Gasteiger partial charge in [0.15, 0.2) is 0 Å². The molecule has 1 aliphatic heterocycles. The van der Waals surface area contributed by atoms with Gasteiger partial charge in [-0.25, -0.2) is 8.42 Å². The van der Waals surface area contributed by atoms with Crippen LogP contribution in [0.3, 0.4) is 0 Å². The average molecular weight is 269 g/mol. The molecule has 1 aromatic rings. The molecule has 0 saturated heterocycles. The molecule has 0 bridgehead atoms. The summed E-state index contributed by atoms with van der Waals surface area (Å²) in [5.41, 5.74) is 1.13. The van der Waals surface area contributed by atoms with E-state index in [1.54, 1.807) is 12.1 Å². The smallest absolute Gasteiger partial charge is 0.244 e. The monoisotopic (exact) mass is 269 g/mol. The van der Waals surface area contributed by atoms with Crippen LogP contribution >= 0.6 is 0 Å². The topological polar surface area (TPSA) is 78.5 Å². The van der Waals surface area contributed by atoms with Crippen molar-refractivity contribution in [2.45, 2.75) is 18.7 Å². The lowest BCUT2D eigenvalue weighted by molar-refractivity contribution is -0.114. The lowest BCUT2D eigenvalue weighted by Gasteiger charge is -2.30. The van der Waals surface area contributed by atoms with Crippen molar-refractivity contribution in [1.82, 2.24) is 4.72 Å². The Bertz CT molecular complexity index is 583. The summed E-state index contributed by atoms with van der Waals surface area (Å²) in [5, 5.41) is 2.58. The van der Waals surface area contributed by atoms with Crippen LogP contribution in [0.1, 0.15) is 13.8 Å². The summed E-state index contributed by atoms with van der Waals surface area (Å²) in [6, 6.07) is 4.88. The van der Waals surface area contributed by atoms with E-state index in [1.807, 2.05) is 11.8 Å². The molecule has 1 aromatic carbocycles. The fourth-order valence-electron chi connectivity index (χ4n) is 1.88. The molecule has 0 spiro atoms. The molecule has 98 valence electrons. The van der Waals surface area contributed by atoms with Gasteiger partial charge in [-0.2, -0.15) is 4.72 Å². The predicted molar refractivity (Wildman–Crippen MR) is 69.0 cm³/mol. The number of hydrogen-bond donors (Lipinski definition) is 2. The second-order valence-corrected chi connectivity index (χ2v) is 5.76. The minimum absolute atomic E-state index is 0.196. The van der Waals surface area contributed by atoms with Gasteiger partial charge in [0.2, 0.25) is 15.9 Å². The van der Waals surface area contributed by atoms with Gasteiger partial charge in [-0.3, -0.25) is 4.79 Å². The second-order valence-electron chi connectivity index (χ2n) is 4.03. The number of benzene rings is 1. The predicted octanol–water partition coefficient (Wildman–Crippen LogP) is 0.721. The molecule has 2 N–H and O–H groups in total. The van der Waals surface area contributed by atoms with E-state index in [0.717, 1.165) is 0 Å². The zero-order valence-electron chi connectivity index (χ0n) is 10.2. The Morgan fingerprint density at radius 2 is 2.22 bits per heavy atom. The first-order chi connectivity index (χ1) is 8.44. The lowest BCUT2D eigenvalue weighted by atomic mass is 10.2. The van der Waals surface area contributed by atoms with Crippen molar-refractivity contribution in [3.63, 3.8) is 0 Å². The zero-order valence-corrected chi connectivity index (χ0v) is 11.0. The number of hydrogen-bond acceptors (Lipinski definition) is 4. The van der Waals surface area contributed by atoms with Crippen molar-refractivity contribution in [3.8, 4) is 0 Å². The molecule has 7 heteroatoms. The van der Waals surface area contributed by atoms with Crippen LogP contribution in [0.4, 0.5) is 11.4 Å². The van der Waals surface area contributed by atoms with Gasteiger partial charge in [0.25, 0.3) is 0 Å². The Labute approximate surface area is 106 Å². The summed E-state index contributed by atoms with van der Waals surface area (Å²) in [4.78, 5) is 13.1. The number of sulfonamides is 1. The van der Waals surface area contributed by atoms with Crippen LogP contribution in [0.25, 0.3) is 0 Å². The Balaban J connectivity index is 2.51. The highest BCUT2D eigenvalue weighted by molar-refractivity contribution is 7.89. The SMILES string of the molecule is CCN1CNS(=O)(=O)c2cc(NC(C)=O)ccc21. The summed E-state index contributed by atoms with van der Waals surface area (Å²) in [6.45, 7) is 4.30. The van der Waals surface area contributed by atoms with Crippen LogP contribution < -0.4 is 14.9 Å². The minimum atomic E-state index is -3.49. The third-order valence-electron chi connectivity index (χ3n) is 2.74. The molecule has 0 radical (unpaired) electrons. The van der Waals surface area contributed by atoms with Crippen LogP contribution in [0.5, 0.6) is 0 Å². The van der Waals surface area contributed by atoms with Gasteiger partial charge in [0, 0.05) is 19.2 Å². The molecule has 1 aliphatic rings. The van der Waals surface area contributed by atoms with Gasteiger partial charge in [-0.05, 0) is 25.1 Å². The number of amides is 1. The van der Waals surface area contributed by atoms with E-state index in [4.69, 9.17) is 0 Å². The maximum atomic E-state index is 11.9. The number of anilines is 2. The Morgan fingerprint density at radius 3 is 2.83 bits per heavy atom. The van der Waals surface area contributed by atoms with Gasteiger partial charge >= 0.3 is 0 Å². The third kappa shape index (κ3) is 2.32. The highest BCUT2D eigenvalue weighted by Crippen LogP contribution is 2.30. The Morgan fingerprint density at radius 1 is 1.50 bits per heavy atom. The molecule has 0 atom stereocenters. The van der Waals surface area contributed by atoms with Gasteiger partial charge in [-0.1, -0.05) is 0 Å². The van der Waals surface area contributed by atoms with E-state index in [9.17, 15) is 13.2 Å². The Hall–Kier alpha value is -1.60. The number of carbonyl (C=O) groups is 1. The van der Waals surface area contributed by atoms with E-state index in [1.165, 1.54) is 13.0 Å². The van der Waals surface area contributed by atoms with Crippen molar-refractivity contribution in [1.29, 1.82) is 0 Å². The second kappa shape index (κ2) is 4.58. The van der Waals surface area contributed by atoms with Crippen LogP contribution in [0.2, 0.25) is 0 Å². The molecule has 1 heterocycles. The van der Waals surface area contributed by atoms with E-state index >= 15 is 0 Å². The number of fused-ring (bicyclic) bond motifs is 1. The molecule has 18 heavy (non-hydrogen) atoms. The van der Waals surface area contributed by atoms with Gasteiger partial charge in [0.05, 0.1) is 12.4 Å². The van der Waals surface area contributed by atoms with Crippen LogP contribution in [-0.4, -0.2) is 27.5 Å². The van der Waals surface area contributed by atoms with Crippen molar-refractivity contribution in [2.24, 2.45) is 0 Å². The van der Waals surface area contributed by atoms with Crippen LogP contribution in [0, 0.1) is 0 Å².